The van der Waals surface area contributed by atoms with Gasteiger partial charge in [0.25, 0.3) is 0 Å². The van der Waals surface area contributed by atoms with Crippen LogP contribution in [0.1, 0.15) is 20.3 Å². The minimum absolute atomic E-state index is 0.479. The van der Waals surface area contributed by atoms with E-state index >= 15 is 0 Å². The molecule has 0 radical (unpaired) electrons. The first-order valence-electron chi connectivity index (χ1n) is 9.57. The molecule has 0 heterocycles. The molecule has 1 unspecified atom stereocenters. The largest absolute Gasteiger partial charge is 0.398 e. The van der Waals surface area contributed by atoms with E-state index in [1.165, 1.54) is 11.1 Å². The fraction of sp³-hybridized carbons (Fsp3) is 0.167. The van der Waals surface area contributed by atoms with Gasteiger partial charge in [-0.2, -0.15) is 0 Å². The number of hydrogen-bond donors (Lipinski definition) is 4. The Kier molecular flexibility index (Phi) is 5.90. The first-order chi connectivity index (χ1) is 13.5. The standard InChI is InChI=1S/C14H18N2.C10H10N2/c1-3-10(2)16-14-9-8-13(15)11-6-4-5-7-12(11)14;11-9-5-6-10(12)8-4-2-1-3-7(8)9/h4-10,16H,3,15H2,1-2H3;1-6H,11-12H2. The van der Waals surface area contributed by atoms with E-state index in [2.05, 4.69) is 37.4 Å². The lowest BCUT2D eigenvalue weighted by atomic mass is 10.1. The van der Waals surface area contributed by atoms with Gasteiger partial charge in [-0.05, 0) is 37.6 Å². The molecule has 4 heteroatoms. The molecule has 4 nitrogen and oxygen atoms in total. The normalized spacial score (nSPS) is 11.6. The molecule has 0 aliphatic rings. The molecule has 0 spiro atoms. The fourth-order valence-corrected chi connectivity index (χ4v) is 3.16. The Hall–Kier alpha value is -3.40. The predicted octanol–water partition coefficient (Wildman–Crippen LogP) is 5.64. The number of nitrogens with one attached hydrogen (secondary N) is 1. The Balaban J connectivity index is 0.000000167. The molecule has 144 valence electrons. The predicted molar refractivity (Wildman–Crippen MR) is 125 cm³/mol. The second-order valence-corrected chi connectivity index (χ2v) is 6.99. The number of fused-ring (bicyclic) bond motifs is 2. The van der Waals surface area contributed by atoms with E-state index in [0.717, 1.165) is 39.6 Å². The topological polar surface area (TPSA) is 90.1 Å². The molecule has 0 saturated carbocycles. The van der Waals surface area contributed by atoms with Crippen molar-refractivity contribution in [1.29, 1.82) is 0 Å². The summed E-state index contributed by atoms with van der Waals surface area (Å²) in [6.07, 6.45) is 1.11. The Bertz CT molecular complexity index is 1050. The van der Waals surface area contributed by atoms with Crippen LogP contribution in [0.25, 0.3) is 21.5 Å². The molecule has 4 aromatic carbocycles. The minimum Gasteiger partial charge on any atom is -0.398 e. The zero-order valence-electron chi connectivity index (χ0n) is 16.4. The average Bonchev–Trinajstić information content (AvgIpc) is 2.73. The zero-order chi connectivity index (χ0) is 20.1. The maximum atomic E-state index is 5.96. The quantitative estimate of drug-likeness (QED) is 0.350. The van der Waals surface area contributed by atoms with E-state index < -0.39 is 0 Å². The molecule has 28 heavy (non-hydrogen) atoms. The molecular formula is C24H28N4. The molecule has 0 aromatic heterocycles. The maximum Gasteiger partial charge on any atom is 0.0423 e. The van der Waals surface area contributed by atoms with Gasteiger partial charge in [0.1, 0.15) is 0 Å². The van der Waals surface area contributed by atoms with Gasteiger partial charge < -0.3 is 22.5 Å². The van der Waals surface area contributed by atoms with Crippen LogP contribution in [0.3, 0.4) is 0 Å². The van der Waals surface area contributed by atoms with E-state index in [1.807, 2.05) is 54.6 Å². The van der Waals surface area contributed by atoms with Gasteiger partial charge in [-0.25, -0.2) is 0 Å². The third kappa shape index (κ3) is 4.12. The molecule has 1 atom stereocenters. The second kappa shape index (κ2) is 8.53. The third-order valence-electron chi connectivity index (χ3n) is 4.96. The van der Waals surface area contributed by atoms with Crippen LogP contribution in [0.5, 0.6) is 0 Å². The minimum atomic E-state index is 0.479. The lowest BCUT2D eigenvalue weighted by molar-refractivity contribution is 0.765. The monoisotopic (exact) mass is 372 g/mol. The third-order valence-corrected chi connectivity index (χ3v) is 4.96. The van der Waals surface area contributed by atoms with Crippen LogP contribution in [0.2, 0.25) is 0 Å². The number of nitrogen functional groups attached to an aromatic ring is 3. The highest BCUT2D eigenvalue weighted by Gasteiger charge is 2.05. The van der Waals surface area contributed by atoms with Crippen molar-refractivity contribution in [2.45, 2.75) is 26.3 Å². The van der Waals surface area contributed by atoms with E-state index in [1.54, 1.807) is 0 Å². The number of hydrogen-bond acceptors (Lipinski definition) is 4. The molecule has 0 aliphatic carbocycles. The van der Waals surface area contributed by atoms with E-state index in [-0.39, 0.29) is 0 Å². The van der Waals surface area contributed by atoms with Crippen molar-refractivity contribution >= 4 is 44.3 Å². The van der Waals surface area contributed by atoms with Gasteiger partial charge in [0, 0.05) is 50.3 Å². The van der Waals surface area contributed by atoms with Crippen molar-refractivity contribution in [1.82, 2.24) is 0 Å². The highest BCUT2D eigenvalue weighted by atomic mass is 14.9. The van der Waals surface area contributed by atoms with Crippen LogP contribution in [0, 0.1) is 0 Å². The Morgan fingerprint density at radius 3 is 1.50 bits per heavy atom. The Morgan fingerprint density at radius 2 is 1.04 bits per heavy atom. The molecule has 7 N–H and O–H groups in total. The van der Waals surface area contributed by atoms with Gasteiger partial charge in [0.2, 0.25) is 0 Å². The first-order valence-corrected chi connectivity index (χ1v) is 9.57. The summed E-state index contributed by atoms with van der Waals surface area (Å²) in [5.74, 6) is 0. The van der Waals surface area contributed by atoms with Gasteiger partial charge in [-0.1, -0.05) is 55.5 Å². The summed E-state index contributed by atoms with van der Waals surface area (Å²) < 4.78 is 0. The molecule has 4 aromatic rings. The lowest BCUT2D eigenvalue weighted by Crippen LogP contribution is -2.13. The van der Waals surface area contributed by atoms with Crippen LogP contribution in [-0.4, -0.2) is 6.04 Å². The van der Waals surface area contributed by atoms with Crippen LogP contribution in [0.15, 0.2) is 72.8 Å². The van der Waals surface area contributed by atoms with Crippen molar-refractivity contribution < 1.29 is 0 Å². The van der Waals surface area contributed by atoms with Crippen molar-refractivity contribution in [3.05, 3.63) is 72.8 Å². The van der Waals surface area contributed by atoms with Crippen LogP contribution in [-0.2, 0) is 0 Å². The highest BCUT2D eigenvalue weighted by molar-refractivity contribution is 6.01. The molecule has 0 aliphatic heterocycles. The van der Waals surface area contributed by atoms with Gasteiger partial charge in [-0.3, -0.25) is 0 Å². The SMILES string of the molecule is CCC(C)Nc1ccc(N)c2ccccc12.Nc1ccc(N)c2ccccc12. The van der Waals surface area contributed by atoms with E-state index in [4.69, 9.17) is 17.2 Å². The van der Waals surface area contributed by atoms with Gasteiger partial charge in [0.05, 0.1) is 0 Å². The van der Waals surface area contributed by atoms with Crippen LogP contribution < -0.4 is 22.5 Å². The Labute approximate surface area is 166 Å². The summed E-state index contributed by atoms with van der Waals surface area (Å²) in [6.45, 7) is 4.36. The summed E-state index contributed by atoms with van der Waals surface area (Å²) in [7, 11) is 0. The van der Waals surface area contributed by atoms with Gasteiger partial charge >= 0.3 is 0 Å². The fourth-order valence-electron chi connectivity index (χ4n) is 3.16. The highest BCUT2D eigenvalue weighted by Crippen LogP contribution is 2.28. The van der Waals surface area contributed by atoms with Crippen LogP contribution >= 0.6 is 0 Å². The smallest absolute Gasteiger partial charge is 0.0423 e. The zero-order valence-corrected chi connectivity index (χ0v) is 16.4. The van der Waals surface area contributed by atoms with Crippen LogP contribution in [0.4, 0.5) is 22.7 Å². The number of rotatable bonds is 3. The lowest BCUT2D eigenvalue weighted by Gasteiger charge is -2.16. The Morgan fingerprint density at radius 1 is 0.643 bits per heavy atom. The number of nitrogens with two attached hydrogens (primary N) is 3. The molecule has 0 fully saturated rings. The van der Waals surface area contributed by atoms with Crippen molar-refractivity contribution in [3.63, 3.8) is 0 Å². The first kappa shape index (κ1) is 19.4. The summed E-state index contributed by atoms with van der Waals surface area (Å²) in [5, 5.41) is 7.88. The number of benzene rings is 4. The van der Waals surface area contributed by atoms with E-state index in [0.29, 0.717) is 6.04 Å². The summed E-state index contributed by atoms with van der Waals surface area (Å²) in [6, 6.07) is 24.3. The number of anilines is 4. The molecule has 0 saturated heterocycles. The molecule has 0 bridgehead atoms. The van der Waals surface area contributed by atoms with Crippen molar-refractivity contribution in [3.8, 4) is 0 Å². The van der Waals surface area contributed by atoms with Crippen molar-refractivity contribution in [2.75, 3.05) is 22.5 Å². The molecule has 0 amide bonds. The molecular weight excluding hydrogens is 344 g/mol. The molecule has 4 rings (SSSR count). The average molecular weight is 373 g/mol. The summed E-state index contributed by atoms with van der Waals surface area (Å²) in [5.41, 5.74) is 21.1. The summed E-state index contributed by atoms with van der Waals surface area (Å²) in [4.78, 5) is 0. The maximum absolute atomic E-state index is 5.96. The summed E-state index contributed by atoms with van der Waals surface area (Å²) >= 11 is 0. The van der Waals surface area contributed by atoms with Gasteiger partial charge in [-0.15, -0.1) is 0 Å². The van der Waals surface area contributed by atoms with Gasteiger partial charge in [0.15, 0.2) is 0 Å². The van der Waals surface area contributed by atoms with E-state index in [9.17, 15) is 0 Å². The second-order valence-electron chi connectivity index (χ2n) is 6.99. The van der Waals surface area contributed by atoms with Crippen molar-refractivity contribution in [2.24, 2.45) is 0 Å².